The van der Waals surface area contributed by atoms with E-state index in [0.717, 1.165) is 25.3 Å². The van der Waals surface area contributed by atoms with Gasteiger partial charge < -0.3 is 4.74 Å². The van der Waals surface area contributed by atoms with Crippen LogP contribution >= 0.6 is 11.6 Å². The lowest BCUT2D eigenvalue weighted by molar-refractivity contribution is 0.0229. The minimum atomic E-state index is 0.365. The first kappa shape index (κ1) is 10.3. The van der Waals surface area contributed by atoms with E-state index in [0.29, 0.717) is 11.5 Å². The van der Waals surface area contributed by atoms with E-state index in [1.165, 1.54) is 12.8 Å². The van der Waals surface area contributed by atoms with E-state index in [1.807, 2.05) is 0 Å². The maximum Gasteiger partial charge on any atom is 0.0570 e. The second-order valence-electron chi connectivity index (χ2n) is 3.88. The van der Waals surface area contributed by atoms with E-state index < -0.39 is 0 Å². The van der Waals surface area contributed by atoms with Gasteiger partial charge in [-0.25, -0.2) is 0 Å². The molecule has 1 rings (SSSR count). The predicted molar refractivity (Wildman–Crippen MR) is 52.7 cm³/mol. The first-order valence-corrected chi connectivity index (χ1v) is 5.47. The summed E-state index contributed by atoms with van der Waals surface area (Å²) in [4.78, 5) is 0. The van der Waals surface area contributed by atoms with Crippen molar-refractivity contribution in [2.24, 2.45) is 5.41 Å². The lowest BCUT2D eigenvalue weighted by atomic mass is 10.1. The zero-order chi connectivity index (χ0) is 9.03. The van der Waals surface area contributed by atoms with Crippen molar-refractivity contribution < 1.29 is 4.74 Å². The standard InChI is InChI=1S/C10H19ClO/c1-3-9(4-2)12-8-10(7-11)5-6-10/h9H,3-8H2,1-2H3. The topological polar surface area (TPSA) is 9.23 Å². The van der Waals surface area contributed by atoms with Gasteiger partial charge >= 0.3 is 0 Å². The summed E-state index contributed by atoms with van der Waals surface area (Å²) in [7, 11) is 0. The molecule has 12 heavy (non-hydrogen) atoms. The third-order valence-electron chi connectivity index (χ3n) is 2.78. The van der Waals surface area contributed by atoms with Crippen LogP contribution in [0.1, 0.15) is 39.5 Å². The number of alkyl halides is 1. The van der Waals surface area contributed by atoms with Gasteiger partial charge in [0.1, 0.15) is 0 Å². The van der Waals surface area contributed by atoms with Gasteiger partial charge in [-0.3, -0.25) is 0 Å². The summed E-state index contributed by atoms with van der Waals surface area (Å²) >= 11 is 5.85. The van der Waals surface area contributed by atoms with Gasteiger partial charge in [0.25, 0.3) is 0 Å². The van der Waals surface area contributed by atoms with Gasteiger partial charge in [0.15, 0.2) is 0 Å². The Hall–Kier alpha value is 0.250. The highest BCUT2D eigenvalue weighted by Gasteiger charge is 2.42. The second kappa shape index (κ2) is 4.48. The fourth-order valence-corrected chi connectivity index (χ4v) is 1.66. The molecule has 0 radical (unpaired) electrons. The molecule has 0 unspecified atom stereocenters. The molecule has 1 saturated carbocycles. The summed E-state index contributed by atoms with van der Waals surface area (Å²) in [6.45, 7) is 5.23. The van der Waals surface area contributed by atoms with Gasteiger partial charge in [-0.05, 0) is 25.7 Å². The van der Waals surface area contributed by atoms with Crippen molar-refractivity contribution in [2.75, 3.05) is 12.5 Å². The average molecular weight is 191 g/mol. The summed E-state index contributed by atoms with van der Waals surface area (Å²) in [6, 6.07) is 0. The zero-order valence-electron chi connectivity index (χ0n) is 8.11. The third kappa shape index (κ3) is 2.63. The largest absolute Gasteiger partial charge is 0.378 e. The van der Waals surface area contributed by atoms with Gasteiger partial charge in [-0.1, -0.05) is 13.8 Å². The molecule has 2 heteroatoms. The summed E-state index contributed by atoms with van der Waals surface area (Å²) in [6.07, 6.45) is 5.21. The van der Waals surface area contributed by atoms with E-state index in [-0.39, 0.29) is 0 Å². The number of rotatable bonds is 6. The number of hydrogen-bond donors (Lipinski definition) is 0. The first-order valence-electron chi connectivity index (χ1n) is 4.94. The normalized spacial score (nSPS) is 20.0. The van der Waals surface area contributed by atoms with Crippen molar-refractivity contribution in [1.29, 1.82) is 0 Å². The van der Waals surface area contributed by atoms with Crippen LogP contribution in [0.25, 0.3) is 0 Å². The highest BCUT2D eigenvalue weighted by atomic mass is 35.5. The van der Waals surface area contributed by atoms with Crippen LogP contribution in [-0.2, 0) is 4.74 Å². The van der Waals surface area contributed by atoms with Gasteiger partial charge in [-0.15, -0.1) is 11.6 Å². The second-order valence-corrected chi connectivity index (χ2v) is 4.15. The molecule has 1 aliphatic rings. The Morgan fingerprint density at radius 1 is 1.33 bits per heavy atom. The van der Waals surface area contributed by atoms with Crippen LogP contribution in [0.3, 0.4) is 0 Å². The first-order chi connectivity index (χ1) is 5.76. The number of halogens is 1. The molecule has 0 saturated heterocycles. The van der Waals surface area contributed by atoms with Crippen molar-refractivity contribution in [3.63, 3.8) is 0 Å². The Bertz CT molecular complexity index is 128. The van der Waals surface area contributed by atoms with Crippen molar-refractivity contribution in [3.05, 3.63) is 0 Å². The molecule has 1 fully saturated rings. The van der Waals surface area contributed by atoms with E-state index in [9.17, 15) is 0 Å². The minimum absolute atomic E-state index is 0.365. The molecule has 0 atom stereocenters. The highest BCUT2D eigenvalue weighted by Crippen LogP contribution is 2.46. The molecule has 0 spiro atoms. The fraction of sp³-hybridized carbons (Fsp3) is 1.00. The van der Waals surface area contributed by atoms with E-state index in [4.69, 9.17) is 16.3 Å². The van der Waals surface area contributed by atoms with Crippen LogP contribution in [0.15, 0.2) is 0 Å². The highest BCUT2D eigenvalue weighted by molar-refractivity contribution is 6.18. The summed E-state index contributed by atoms with van der Waals surface area (Å²) in [5, 5.41) is 0. The Balaban J connectivity index is 2.15. The maximum atomic E-state index is 5.85. The van der Waals surface area contributed by atoms with Crippen LogP contribution in [0.4, 0.5) is 0 Å². The molecule has 0 bridgehead atoms. The molecular weight excluding hydrogens is 172 g/mol. The summed E-state index contributed by atoms with van der Waals surface area (Å²) < 4.78 is 5.77. The van der Waals surface area contributed by atoms with Gasteiger partial charge in [0.05, 0.1) is 12.7 Å². The van der Waals surface area contributed by atoms with E-state index >= 15 is 0 Å². The Kier molecular flexibility index (Phi) is 3.85. The SMILES string of the molecule is CCC(CC)OCC1(CCl)CC1. The smallest absolute Gasteiger partial charge is 0.0570 e. The van der Waals surface area contributed by atoms with Crippen LogP contribution in [0.5, 0.6) is 0 Å². The maximum absolute atomic E-state index is 5.85. The molecule has 0 heterocycles. The number of ether oxygens (including phenoxy) is 1. The van der Waals surface area contributed by atoms with Crippen molar-refractivity contribution in [2.45, 2.75) is 45.6 Å². The van der Waals surface area contributed by atoms with E-state index in [1.54, 1.807) is 0 Å². The monoisotopic (exact) mass is 190 g/mol. The summed E-state index contributed by atoms with van der Waals surface area (Å²) in [5.74, 6) is 0.771. The van der Waals surface area contributed by atoms with Crippen LogP contribution in [0.2, 0.25) is 0 Å². The molecule has 0 aromatic carbocycles. The molecule has 0 aromatic heterocycles. The van der Waals surface area contributed by atoms with Gasteiger partial charge in [-0.2, -0.15) is 0 Å². The molecule has 1 aliphatic carbocycles. The molecule has 72 valence electrons. The fourth-order valence-electron chi connectivity index (χ4n) is 1.31. The molecule has 1 nitrogen and oxygen atoms in total. The van der Waals surface area contributed by atoms with E-state index in [2.05, 4.69) is 13.8 Å². The quantitative estimate of drug-likeness (QED) is 0.585. The minimum Gasteiger partial charge on any atom is -0.378 e. The molecule has 0 N–H and O–H groups in total. The predicted octanol–water partition coefficient (Wildman–Crippen LogP) is 3.21. The lowest BCUT2D eigenvalue weighted by Crippen LogP contribution is -2.19. The van der Waals surface area contributed by atoms with Crippen LogP contribution in [0, 0.1) is 5.41 Å². The van der Waals surface area contributed by atoms with Crippen LogP contribution in [-0.4, -0.2) is 18.6 Å². The molecule has 0 amide bonds. The average Bonchev–Trinajstić information content (AvgIpc) is 2.87. The lowest BCUT2D eigenvalue weighted by Gasteiger charge is -2.18. The Labute approximate surface area is 80.4 Å². The van der Waals surface area contributed by atoms with Crippen molar-refractivity contribution in [3.8, 4) is 0 Å². The van der Waals surface area contributed by atoms with Gasteiger partial charge in [0, 0.05) is 11.3 Å². The Morgan fingerprint density at radius 2 is 1.92 bits per heavy atom. The molecule has 0 aliphatic heterocycles. The van der Waals surface area contributed by atoms with Crippen molar-refractivity contribution in [1.82, 2.24) is 0 Å². The Morgan fingerprint density at radius 3 is 2.25 bits per heavy atom. The van der Waals surface area contributed by atoms with Crippen molar-refractivity contribution >= 4 is 11.6 Å². The third-order valence-corrected chi connectivity index (χ3v) is 3.34. The number of hydrogen-bond acceptors (Lipinski definition) is 1. The van der Waals surface area contributed by atoms with Gasteiger partial charge in [0.2, 0.25) is 0 Å². The summed E-state index contributed by atoms with van der Waals surface area (Å²) in [5.41, 5.74) is 0.365. The van der Waals surface area contributed by atoms with Crippen LogP contribution < -0.4 is 0 Å². The molecule has 0 aromatic rings. The zero-order valence-corrected chi connectivity index (χ0v) is 8.86. The molecular formula is C10H19ClO.